The molecule has 143 heavy (non-hydrogen) atoms. The van der Waals surface area contributed by atoms with Gasteiger partial charge in [-0.3, -0.25) is 19.2 Å². The SMILES string of the molecule is C=C1O[C@H](COCc2ccccc2)[C@@H](OCc2ccccc2)[C@H](OCc2ccccc2)[C@H]1OCc1ccccc1.CBr.CC.CC.CC.CC.CC.CC.CC[C@@H]1O[C@H](COCc2ccccc2)[C@@H](OCc2ccccc2)[C@H](OCc2ccccc2)[C@H]1OCc1ccccc1.COC(=O)CC[C@H]1C(=O)N(Cc2ccccc2)[C@@H]1c1ccccc1.COC(=O)CC[C@H]1C(=O)N(Cc2ccccc2)[C@@H]1c1ccccc1. The molecule has 4 saturated heterocycles. The zero-order valence-corrected chi connectivity index (χ0v) is 88.8. The highest BCUT2D eigenvalue weighted by molar-refractivity contribution is 9.08. The Morgan fingerprint density at radius 2 is 0.531 bits per heavy atom. The van der Waals surface area contributed by atoms with Crippen LogP contribution in [0, 0.1) is 11.8 Å². The van der Waals surface area contributed by atoms with Crippen LogP contribution in [-0.2, 0) is 142 Å². The average Bonchev–Trinajstić information content (AvgIpc) is 0.754. The van der Waals surface area contributed by atoms with Crippen molar-refractivity contribution in [3.63, 3.8) is 0 Å². The second-order valence-electron chi connectivity index (χ2n) is 32.3. The molecule has 18 nitrogen and oxygen atoms in total. The number of carbonyl (C=O) groups excluding carboxylic acids is 4. The quantitative estimate of drug-likeness (QED) is 0.0201. The van der Waals surface area contributed by atoms with Crippen LogP contribution in [0.5, 0.6) is 0 Å². The van der Waals surface area contributed by atoms with Gasteiger partial charge >= 0.3 is 11.9 Å². The highest BCUT2D eigenvalue weighted by Crippen LogP contribution is 2.46. The predicted octanol–water partition coefficient (Wildman–Crippen LogP) is 27.9. The molecule has 12 aromatic rings. The van der Waals surface area contributed by atoms with Crippen molar-refractivity contribution in [1.29, 1.82) is 0 Å². The summed E-state index contributed by atoms with van der Waals surface area (Å²) in [5.41, 5.74) is 13.2. The molecule has 0 N–H and O–H groups in total. The van der Waals surface area contributed by atoms with E-state index >= 15 is 0 Å². The summed E-state index contributed by atoms with van der Waals surface area (Å²) in [6.07, 6.45) is -1.01. The highest BCUT2D eigenvalue weighted by atomic mass is 79.9. The maximum atomic E-state index is 12.6. The molecule has 4 aliphatic heterocycles. The van der Waals surface area contributed by atoms with E-state index in [2.05, 4.69) is 78.0 Å². The molecule has 0 radical (unpaired) electrons. The van der Waals surface area contributed by atoms with Gasteiger partial charge in [0, 0.05) is 25.9 Å². The van der Waals surface area contributed by atoms with Gasteiger partial charge in [-0.25, -0.2) is 0 Å². The summed E-state index contributed by atoms with van der Waals surface area (Å²) in [7, 11) is 2.75. The monoisotopic (exact) mass is 2010 g/mol. The summed E-state index contributed by atoms with van der Waals surface area (Å²) in [6, 6.07) is 121. The molecule has 16 rings (SSSR count). The van der Waals surface area contributed by atoms with Gasteiger partial charge in [0.25, 0.3) is 0 Å². The molecule has 4 fully saturated rings. The fraction of sp³-hybridized carbons (Fsp3) is 0.371. The van der Waals surface area contributed by atoms with Crippen molar-refractivity contribution < 1.29 is 76.0 Å². The van der Waals surface area contributed by atoms with E-state index in [1.54, 1.807) is 0 Å². The van der Waals surface area contributed by atoms with Crippen molar-refractivity contribution in [3.8, 4) is 0 Å². The first kappa shape index (κ1) is 120. The molecule has 0 saturated carbocycles. The molecule has 0 bridgehead atoms. The van der Waals surface area contributed by atoms with Crippen molar-refractivity contribution in [2.45, 2.75) is 255 Å². The minimum Gasteiger partial charge on any atom is -0.487 e. The normalized spacial score (nSPS) is 19.1. The smallest absolute Gasteiger partial charge is 0.305 e. The molecule has 2 amide bonds. The van der Waals surface area contributed by atoms with Crippen LogP contribution in [0.2, 0.25) is 0 Å². The van der Waals surface area contributed by atoms with E-state index in [-0.39, 0.29) is 84.9 Å². The molecular formula is C124H157BrN2O16. The summed E-state index contributed by atoms with van der Waals surface area (Å²) in [5.74, 6) is 1.69. The predicted molar refractivity (Wildman–Crippen MR) is 580 cm³/mol. The number of halogens is 1. The number of ether oxygens (including phenoxy) is 12. The van der Waals surface area contributed by atoms with Crippen LogP contribution >= 0.6 is 15.9 Å². The molecule has 19 heteroatoms. The fourth-order valence-electron chi connectivity index (χ4n) is 16.6. The number of likely N-dealkylation sites (tertiary alicyclic amines) is 2. The lowest BCUT2D eigenvalue weighted by atomic mass is 9.79. The Morgan fingerprint density at radius 1 is 0.301 bits per heavy atom. The molecule has 4 aliphatic rings. The first-order valence-electron chi connectivity index (χ1n) is 50.9. The first-order chi connectivity index (χ1) is 70.5. The average molecular weight is 2010 g/mol. The van der Waals surface area contributed by atoms with Gasteiger partial charge in [-0.1, -0.05) is 476 Å². The Kier molecular flexibility index (Phi) is 60.7. The van der Waals surface area contributed by atoms with Crippen LogP contribution in [0.4, 0.5) is 0 Å². The summed E-state index contributed by atoms with van der Waals surface area (Å²) in [5, 5.41) is 0. The van der Waals surface area contributed by atoms with Gasteiger partial charge < -0.3 is 66.6 Å². The molecule has 0 spiro atoms. The van der Waals surface area contributed by atoms with Gasteiger partial charge in [-0.2, -0.15) is 0 Å². The molecule has 0 unspecified atom stereocenters. The molecule has 0 aromatic heterocycles. The maximum Gasteiger partial charge on any atom is 0.305 e. The van der Waals surface area contributed by atoms with Crippen LogP contribution in [0.25, 0.3) is 0 Å². The van der Waals surface area contributed by atoms with Crippen LogP contribution in [0.15, 0.2) is 376 Å². The number of carbonyl (C=O) groups is 4. The Hall–Kier alpha value is -11.8. The number of hydrogen-bond acceptors (Lipinski definition) is 16. The molecule has 0 aliphatic carbocycles. The topological polar surface area (TPSA) is 186 Å². The Labute approximate surface area is 863 Å². The van der Waals surface area contributed by atoms with E-state index in [9.17, 15) is 19.2 Å². The lowest BCUT2D eigenvalue weighted by molar-refractivity contribution is -0.272. The summed E-state index contributed by atoms with van der Waals surface area (Å²) in [6.45, 7) is 35.8. The minimum atomic E-state index is -0.518. The zero-order valence-electron chi connectivity index (χ0n) is 87.2. The first-order valence-corrected chi connectivity index (χ1v) is 52.5. The van der Waals surface area contributed by atoms with E-state index in [4.69, 9.17) is 56.8 Å². The Bertz CT molecular complexity index is 5110. The standard InChI is InChI=1S/C36H40O5.C35H36O5.2C20H21NO3.6C2H6.CH3Br/c1-2-32-34(38-24-29-17-9-4-10-18-29)36(40-26-31-21-13-6-14-22-31)35(39-25-30-19-11-5-12-20-30)33(41-32)27-37-23-28-15-7-3-8-16-28;1-27-33(37-23-29-16-8-3-9-17-29)35(39-25-31-20-12-5-13-21-31)34(38-24-30-18-10-4-11-19-30)32(40-27)26-36-22-28-14-6-2-7-15-28;2*1-24-18(22)13-12-17-19(16-10-6-3-7-11-16)21(20(17)23)14-15-8-4-2-5-9-15;7*1-2/h3-22,32-36H,2,23-27H2,1H3;2-21,32-35H,1,22-26H2;2*2-11,17,19H,12-14H2,1H3;6*1-2H3;1H3/t32-,33+,34-,35+,36+;32-,33+,34-,35-;2*17-,19-;;;;;;;/m0111......./s1. The van der Waals surface area contributed by atoms with Crippen LogP contribution in [-0.4, -0.2) is 122 Å². The number of nitrogens with zero attached hydrogens (tertiary/aromatic N) is 2. The Balaban J connectivity index is 0.000000286. The van der Waals surface area contributed by atoms with Gasteiger partial charge in [-0.05, 0) is 91.9 Å². The lowest BCUT2D eigenvalue weighted by Crippen LogP contribution is -2.61. The van der Waals surface area contributed by atoms with Crippen molar-refractivity contribution in [1.82, 2.24) is 9.80 Å². The van der Waals surface area contributed by atoms with E-state index < -0.39 is 30.5 Å². The van der Waals surface area contributed by atoms with Gasteiger partial charge in [0.05, 0.1) is 110 Å². The number of esters is 2. The highest BCUT2D eigenvalue weighted by Gasteiger charge is 2.51. The number of alkyl halides is 1. The molecule has 766 valence electrons. The second kappa shape index (κ2) is 72.4. The largest absolute Gasteiger partial charge is 0.487 e. The zero-order chi connectivity index (χ0) is 103. The van der Waals surface area contributed by atoms with E-state index in [1.165, 1.54) is 14.2 Å². The molecule has 4 heterocycles. The molecular weight excluding hydrogens is 1850 g/mol. The number of hydrogen-bond donors (Lipinski definition) is 0. The van der Waals surface area contributed by atoms with Crippen LogP contribution in [0.1, 0.15) is 201 Å². The van der Waals surface area contributed by atoms with E-state index in [0.29, 0.717) is 97.8 Å². The molecule has 12 aromatic carbocycles. The fourth-order valence-corrected chi connectivity index (χ4v) is 16.6. The van der Waals surface area contributed by atoms with Gasteiger partial charge in [-0.15, -0.1) is 0 Å². The van der Waals surface area contributed by atoms with Gasteiger partial charge in [0.15, 0.2) is 6.10 Å². The lowest BCUT2D eigenvalue weighted by Gasteiger charge is -2.47. The van der Waals surface area contributed by atoms with Crippen molar-refractivity contribution >= 4 is 39.7 Å². The number of rotatable bonds is 39. The van der Waals surface area contributed by atoms with Gasteiger partial charge in [0.2, 0.25) is 11.8 Å². The third-order valence-electron chi connectivity index (χ3n) is 23.3. The van der Waals surface area contributed by atoms with Crippen molar-refractivity contribution in [2.24, 2.45) is 11.8 Å². The summed E-state index contributed by atoms with van der Waals surface area (Å²) >= 11 is 2.94. The number of benzene rings is 12. The minimum absolute atomic E-state index is 0.0172. The number of β-lactam (4-membered cyclic amide) rings is 2. The second-order valence-corrected chi connectivity index (χ2v) is 32.3. The number of methoxy groups -OCH3 is 2. The Morgan fingerprint density at radius 3 is 0.811 bits per heavy atom. The van der Waals surface area contributed by atoms with Gasteiger partial charge in [0.1, 0.15) is 48.5 Å². The van der Waals surface area contributed by atoms with Crippen LogP contribution in [0.3, 0.4) is 0 Å². The molecule has 13 atom stereocenters. The third kappa shape index (κ3) is 40.4. The third-order valence-corrected chi connectivity index (χ3v) is 23.3. The number of amides is 2. The summed E-state index contributed by atoms with van der Waals surface area (Å²) < 4.78 is 74.3. The van der Waals surface area contributed by atoms with Crippen molar-refractivity contribution in [3.05, 3.63) is 443 Å². The van der Waals surface area contributed by atoms with E-state index in [1.807, 2.05) is 414 Å². The van der Waals surface area contributed by atoms with Crippen molar-refractivity contribution in [2.75, 3.05) is 33.3 Å². The van der Waals surface area contributed by atoms with E-state index in [0.717, 1.165) is 73.2 Å². The maximum absolute atomic E-state index is 12.6. The van der Waals surface area contributed by atoms with Crippen LogP contribution < -0.4 is 0 Å². The summed E-state index contributed by atoms with van der Waals surface area (Å²) in [4.78, 5) is 51.9.